The van der Waals surface area contributed by atoms with E-state index >= 15 is 0 Å². The summed E-state index contributed by atoms with van der Waals surface area (Å²) in [5.41, 5.74) is 5.92. The van der Waals surface area contributed by atoms with Gasteiger partial charge in [-0.2, -0.15) is 0 Å². The second-order valence-corrected chi connectivity index (χ2v) is 3.19. The van der Waals surface area contributed by atoms with Crippen molar-refractivity contribution in [1.82, 2.24) is 15.0 Å². The van der Waals surface area contributed by atoms with Crippen LogP contribution in [0.25, 0.3) is 0 Å². The molecular formula is C8H14N4O2. The van der Waals surface area contributed by atoms with Crippen molar-refractivity contribution < 1.29 is 9.90 Å². The summed E-state index contributed by atoms with van der Waals surface area (Å²) < 4.78 is 1.59. The lowest BCUT2D eigenvalue weighted by Crippen LogP contribution is -2.15. The van der Waals surface area contributed by atoms with Crippen molar-refractivity contribution in [2.45, 2.75) is 26.3 Å². The van der Waals surface area contributed by atoms with Gasteiger partial charge in [0.2, 0.25) is 0 Å². The van der Waals surface area contributed by atoms with Gasteiger partial charge in [0.05, 0.1) is 11.7 Å². The molecule has 78 valence electrons. The van der Waals surface area contributed by atoms with E-state index in [0.29, 0.717) is 12.1 Å². The van der Waals surface area contributed by atoms with Crippen LogP contribution in [0.4, 0.5) is 0 Å². The van der Waals surface area contributed by atoms with E-state index < -0.39 is 5.91 Å². The van der Waals surface area contributed by atoms with Crippen molar-refractivity contribution in [3.8, 4) is 0 Å². The number of aliphatic hydroxyl groups excluding tert-OH is 1. The van der Waals surface area contributed by atoms with E-state index in [1.807, 2.05) is 6.92 Å². The Hall–Kier alpha value is -1.43. The highest BCUT2D eigenvalue weighted by Crippen LogP contribution is 2.13. The third kappa shape index (κ3) is 1.90. The summed E-state index contributed by atoms with van der Waals surface area (Å²) in [6.07, 6.45) is 0.572. The highest BCUT2D eigenvalue weighted by Gasteiger charge is 2.16. The van der Waals surface area contributed by atoms with E-state index in [1.54, 1.807) is 11.6 Å². The Morgan fingerprint density at radius 1 is 1.71 bits per heavy atom. The molecule has 6 nitrogen and oxygen atoms in total. The predicted octanol–water partition coefficient (Wildman–Crippen LogP) is -0.371. The summed E-state index contributed by atoms with van der Waals surface area (Å²) >= 11 is 0. The minimum atomic E-state index is -0.579. The molecule has 0 aliphatic rings. The molecule has 3 N–H and O–H groups in total. The van der Waals surface area contributed by atoms with Gasteiger partial charge in [0, 0.05) is 6.61 Å². The average molecular weight is 198 g/mol. The van der Waals surface area contributed by atoms with Gasteiger partial charge in [-0.25, -0.2) is 4.68 Å². The van der Waals surface area contributed by atoms with Gasteiger partial charge in [0.1, 0.15) is 0 Å². The summed E-state index contributed by atoms with van der Waals surface area (Å²) in [7, 11) is 0. The van der Waals surface area contributed by atoms with Crippen molar-refractivity contribution in [2.24, 2.45) is 5.73 Å². The largest absolute Gasteiger partial charge is 0.396 e. The molecule has 0 saturated heterocycles. The summed E-state index contributed by atoms with van der Waals surface area (Å²) in [6.45, 7) is 3.70. The van der Waals surface area contributed by atoms with Crippen molar-refractivity contribution in [3.63, 3.8) is 0 Å². The summed E-state index contributed by atoms with van der Waals surface area (Å²) in [5, 5.41) is 16.2. The molecule has 0 saturated carbocycles. The van der Waals surface area contributed by atoms with Gasteiger partial charge in [-0.15, -0.1) is 5.10 Å². The molecule has 0 aromatic carbocycles. The fourth-order valence-corrected chi connectivity index (χ4v) is 1.30. The van der Waals surface area contributed by atoms with E-state index in [4.69, 9.17) is 10.8 Å². The van der Waals surface area contributed by atoms with Crippen LogP contribution in [0.2, 0.25) is 0 Å². The third-order valence-corrected chi connectivity index (χ3v) is 2.13. The number of primary amides is 1. The van der Waals surface area contributed by atoms with Crippen molar-refractivity contribution in [2.75, 3.05) is 6.61 Å². The second-order valence-electron chi connectivity index (χ2n) is 3.19. The predicted molar refractivity (Wildman–Crippen MR) is 49.7 cm³/mol. The Labute approximate surface area is 81.7 Å². The van der Waals surface area contributed by atoms with Gasteiger partial charge in [-0.3, -0.25) is 4.79 Å². The number of aliphatic hydroxyl groups is 1. The van der Waals surface area contributed by atoms with Crippen LogP contribution in [0.3, 0.4) is 0 Å². The molecule has 14 heavy (non-hydrogen) atoms. The lowest BCUT2D eigenvalue weighted by atomic mass is 10.2. The van der Waals surface area contributed by atoms with Crippen LogP contribution in [-0.2, 0) is 0 Å². The summed E-state index contributed by atoms with van der Waals surface area (Å²) in [6, 6.07) is 0.0144. The molecule has 0 aliphatic carbocycles. The number of nitrogens with two attached hydrogens (primary N) is 1. The fourth-order valence-electron chi connectivity index (χ4n) is 1.30. The Kier molecular flexibility index (Phi) is 3.19. The lowest BCUT2D eigenvalue weighted by Gasteiger charge is -2.10. The lowest BCUT2D eigenvalue weighted by molar-refractivity contribution is 0.0995. The van der Waals surface area contributed by atoms with Crippen LogP contribution in [0, 0.1) is 6.92 Å². The number of hydrogen-bond donors (Lipinski definition) is 2. The van der Waals surface area contributed by atoms with Crippen LogP contribution in [-0.4, -0.2) is 32.6 Å². The molecule has 1 rings (SSSR count). The Bertz CT molecular complexity index is 334. The number of hydrogen-bond acceptors (Lipinski definition) is 4. The Balaban J connectivity index is 2.94. The first-order chi connectivity index (χ1) is 6.57. The SMILES string of the molecule is Cc1c(C(N)=O)nnn1C(C)CCO. The van der Waals surface area contributed by atoms with E-state index in [-0.39, 0.29) is 18.3 Å². The topological polar surface area (TPSA) is 94.0 Å². The van der Waals surface area contributed by atoms with Gasteiger partial charge in [-0.1, -0.05) is 5.21 Å². The van der Waals surface area contributed by atoms with E-state index in [2.05, 4.69) is 10.3 Å². The first kappa shape index (κ1) is 10.6. The average Bonchev–Trinajstić information content (AvgIpc) is 2.47. The van der Waals surface area contributed by atoms with Crippen molar-refractivity contribution >= 4 is 5.91 Å². The zero-order valence-corrected chi connectivity index (χ0v) is 8.27. The monoisotopic (exact) mass is 198 g/mol. The molecule has 1 unspecified atom stereocenters. The van der Waals surface area contributed by atoms with Crippen LogP contribution in [0.1, 0.15) is 35.6 Å². The standard InChI is InChI=1S/C8H14N4O2/c1-5(3-4-13)12-6(2)7(8(9)14)10-11-12/h5,13H,3-4H2,1-2H3,(H2,9,14). The van der Waals surface area contributed by atoms with E-state index in [0.717, 1.165) is 0 Å². The molecule has 0 radical (unpaired) electrons. The first-order valence-corrected chi connectivity index (χ1v) is 4.40. The Morgan fingerprint density at radius 3 is 2.79 bits per heavy atom. The first-order valence-electron chi connectivity index (χ1n) is 4.40. The molecule has 1 amide bonds. The quantitative estimate of drug-likeness (QED) is 0.690. The second kappa shape index (κ2) is 4.19. The number of rotatable bonds is 4. The molecule has 6 heteroatoms. The normalized spacial score (nSPS) is 12.8. The molecule has 0 bridgehead atoms. The summed E-state index contributed by atoms with van der Waals surface area (Å²) in [5.74, 6) is -0.579. The van der Waals surface area contributed by atoms with Crippen molar-refractivity contribution in [3.05, 3.63) is 11.4 Å². The van der Waals surface area contributed by atoms with Gasteiger partial charge in [-0.05, 0) is 20.3 Å². The number of aromatic nitrogens is 3. The summed E-state index contributed by atoms with van der Waals surface area (Å²) in [4.78, 5) is 10.9. The molecular weight excluding hydrogens is 184 g/mol. The van der Waals surface area contributed by atoms with Crippen LogP contribution in [0.5, 0.6) is 0 Å². The highest BCUT2D eigenvalue weighted by atomic mass is 16.3. The van der Waals surface area contributed by atoms with Gasteiger partial charge in [0.15, 0.2) is 5.69 Å². The minimum absolute atomic E-state index is 0.0144. The molecule has 1 aromatic rings. The van der Waals surface area contributed by atoms with Gasteiger partial charge in [0.25, 0.3) is 5.91 Å². The van der Waals surface area contributed by atoms with Crippen LogP contribution >= 0.6 is 0 Å². The number of carbonyl (C=O) groups is 1. The minimum Gasteiger partial charge on any atom is -0.396 e. The zero-order valence-electron chi connectivity index (χ0n) is 8.27. The molecule has 1 heterocycles. The smallest absolute Gasteiger partial charge is 0.271 e. The number of nitrogens with zero attached hydrogens (tertiary/aromatic N) is 3. The molecule has 1 atom stereocenters. The van der Waals surface area contributed by atoms with Crippen LogP contribution in [0.15, 0.2) is 0 Å². The Morgan fingerprint density at radius 2 is 2.36 bits per heavy atom. The van der Waals surface area contributed by atoms with Gasteiger partial charge < -0.3 is 10.8 Å². The zero-order chi connectivity index (χ0) is 10.7. The number of amides is 1. The van der Waals surface area contributed by atoms with Crippen molar-refractivity contribution in [1.29, 1.82) is 0 Å². The maximum atomic E-state index is 10.9. The maximum Gasteiger partial charge on any atom is 0.271 e. The van der Waals surface area contributed by atoms with E-state index in [1.165, 1.54) is 0 Å². The number of carbonyl (C=O) groups excluding carboxylic acids is 1. The fraction of sp³-hybridized carbons (Fsp3) is 0.625. The van der Waals surface area contributed by atoms with E-state index in [9.17, 15) is 4.79 Å². The molecule has 0 spiro atoms. The maximum absolute atomic E-state index is 10.9. The van der Waals surface area contributed by atoms with Gasteiger partial charge >= 0.3 is 0 Å². The third-order valence-electron chi connectivity index (χ3n) is 2.13. The molecule has 1 aromatic heterocycles. The van der Waals surface area contributed by atoms with Crippen LogP contribution < -0.4 is 5.73 Å². The highest BCUT2D eigenvalue weighted by molar-refractivity contribution is 5.91. The molecule has 0 aliphatic heterocycles. The molecule has 0 fully saturated rings.